The number of fused-ring (bicyclic) bond motifs is 1. The molecule has 2 saturated heterocycles. The Morgan fingerprint density at radius 3 is 2.47 bits per heavy atom. The summed E-state index contributed by atoms with van der Waals surface area (Å²) in [5.74, 6) is 1.44. The minimum Gasteiger partial charge on any atom is -0.378 e. The van der Waals surface area contributed by atoms with Crippen molar-refractivity contribution in [3.8, 4) is 0 Å². The van der Waals surface area contributed by atoms with Crippen LogP contribution in [0.15, 0.2) is 42.7 Å². The fraction of sp³-hybridized carbons (Fsp3) is 0.480. The van der Waals surface area contributed by atoms with E-state index < -0.39 is 0 Å². The van der Waals surface area contributed by atoms with E-state index in [-0.39, 0.29) is 5.91 Å². The van der Waals surface area contributed by atoms with Crippen molar-refractivity contribution in [2.45, 2.75) is 38.6 Å². The van der Waals surface area contributed by atoms with Crippen molar-refractivity contribution in [1.82, 2.24) is 19.4 Å². The number of anilines is 1. The maximum atomic E-state index is 12.8. The molecule has 4 heterocycles. The van der Waals surface area contributed by atoms with Crippen molar-refractivity contribution in [2.24, 2.45) is 0 Å². The number of rotatable bonds is 4. The van der Waals surface area contributed by atoms with E-state index in [0.717, 1.165) is 80.3 Å². The van der Waals surface area contributed by atoms with Crippen LogP contribution in [0.3, 0.4) is 0 Å². The fourth-order valence-corrected chi connectivity index (χ4v) is 4.79. The Hall–Kier alpha value is -2.93. The Labute approximate surface area is 189 Å². The average molecular weight is 434 g/mol. The molecule has 2 aliphatic heterocycles. The highest BCUT2D eigenvalue weighted by molar-refractivity contribution is 5.94. The van der Waals surface area contributed by atoms with E-state index >= 15 is 0 Å². The molecule has 2 aromatic heterocycles. The molecule has 0 atom stereocenters. The molecule has 0 unspecified atom stereocenters. The van der Waals surface area contributed by atoms with Crippen molar-refractivity contribution in [3.05, 3.63) is 54.0 Å². The van der Waals surface area contributed by atoms with Crippen LogP contribution in [0.1, 0.15) is 54.7 Å². The van der Waals surface area contributed by atoms with E-state index in [4.69, 9.17) is 14.7 Å². The van der Waals surface area contributed by atoms with E-state index in [0.29, 0.717) is 12.0 Å². The number of likely N-dealkylation sites (tertiary alicyclic amines) is 1. The second kappa shape index (κ2) is 8.90. The third kappa shape index (κ3) is 3.97. The second-order valence-corrected chi connectivity index (χ2v) is 9.02. The zero-order chi connectivity index (χ0) is 22.1. The van der Waals surface area contributed by atoms with Gasteiger partial charge in [0.1, 0.15) is 5.52 Å². The van der Waals surface area contributed by atoms with Crippen molar-refractivity contribution >= 4 is 22.8 Å². The molecule has 5 rings (SSSR count). The Balaban J connectivity index is 1.41. The van der Waals surface area contributed by atoms with Gasteiger partial charge in [-0.3, -0.25) is 4.79 Å². The molecule has 7 heteroatoms. The minimum atomic E-state index is 0.124. The van der Waals surface area contributed by atoms with Gasteiger partial charge in [0.05, 0.1) is 25.1 Å². The predicted molar refractivity (Wildman–Crippen MR) is 125 cm³/mol. The first-order valence-electron chi connectivity index (χ1n) is 11.7. The van der Waals surface area contributed by atoms with E-state index in [1.807, 2.05) is 41.6 Å². The second-order valence-electron chi connectivity index (χ2n) is 9.02. The molecule has 168 valence electrons. The summed E-state index contributed by atoms with van der Waals surface area (Å²) in [5.41, 5.74) is 4.00. The molecule has 0 bridgehead atoms. The summed E-state index contributed by atoms with van der Waals surface area (Å²) in [6.45, 7) is 9.00. The highest BCUT2D eigenvalue weighted by atomic mass is 16.5. The third-order valence-electron chi connectivity index (χ3n) is 6.65. The molecule has 0 aliphatic carbocycles. The van der Waals surface area contributed by atoms with E-state index in [9.17, 15) is 4.79 Å². The van der Waals surface area contributed by atoms with E-state index in [1.165, 1.54) is 0 Å². The fourth-order valence-electron chi connectivity index (χ4n) is 4.79. The number of benzene rings is 1. The van der Waals surface area contributed by atoms with E-state index in [1.54, 1.807) is 0 Å². The van der Waals surface area contributed by atoms with Gasteiger partial charge in [0.2, 0.25) is 0 Å². The normalized spacial score (nSPS) is 18.0. The van der Waals surface area contributed by atoms with Gasteiger partial charge < -0.3 is 19.1 Å². The molecule has 0 radical (unpaired) electrons. The largest absolute Gasteiger partial charge is 0.378 e. The van der Waals surface area contributed by atoms with Crippen LogP contribution in [-0.2, 0) is 4.74 Å². The van der Waals surface area contributed by atoms with Crippen LogP contribution in [-0.4, -0.2) is 64.7 Å². The molecular formula is C25H31N5O2. The van der Waals surface area contributed by atoms with Gasteiger partial charge in [0.25, 0.3) is 5.91 Å². The number of aromatic nitrogens is 3. The van der Waals surface area contributed by atoms with Gasteiger partial charge in [0, 0.05) is 49.4 Å². The molecule has 0 N–H and O–H groups in total. The van der Waals surface area contributed by atoms with Crippen LogP contribution < -0.4 is 4.90 Å². The van der Waals surface area contributed by atoms with Crippen LogP contribution in [0, 0.1) is 0 Å². The highest BCUT2D eigenvalue weighted by Gasteiger charge is 2.28. The molecule has 0 saturated carbocycles. The maximum absolute atomic E-state index is 12.8. The van der Waals surface area contributed by atoms with Gasteiger partial charge in [-0.05, 0) is 44.9 Å². The number of carbonyl (C=O) groups excluding carboxylic acids is 1. The van der Waals surface area contributed by atoms with Crippen molar-refractivity contribution in [3.63, 3.8) is 0 Å². The summed E-state index contributed by atoms with van der Waals surface area (Å²) in [6, 6.07) is 12.1. The summed E-state index contributed by atoms with van der Waals surface area (Å²) in [6.07, 6.45) is 3.79. The number of hydrogen-bond acceptors (Lipinski definition) is 5. The van der Waals surface area contributed by atoms with Crippen LogP contribution in [0.2, 0.25) is 0 Å². The Morgan fingerprint density at radius 2 is 1.78 bits per heavy atom. The first kappa shape index (κ1) is 20.9. The molecule has 2 fully saturated rings. The Morgan fingerprint density at radius 1 is 1.06 bits per heavy atom. The molecule has 7 nitrogen and oxygen atoms in total. The summed E-state index contributed by atoms with van der Waals surface area (Å²) < 4.78 is 7.80. The van der Waals surface area contributed by atoms with Crippen molar-refractivity contribution in [1.29, 1.82) is 0 Å². The Kier molecular flexibility index (Phi) is 5.83. The van der Waals surface area contributed by atoms with Gasteiger partial charge in [-0.25, -0.2) is 9.97 Å². The van der Waals surface area contributed by atoms with Gasteiger partial charge in [0.15, 0.2) is 5.82 Å². The molecule has 1 amide bonds. The number of carbonyl (C=O) groups is 1. The van der Waals surface area contributed by atoms with Crippen LogP contribution in [0.5, 0.6) is 0 Å². The first-order chi connectivity index (χ1) is 15.6. The molecule has 3 aromatic rings. The summed E-state index contributed by atoms with van der Waals surface area (Å²) in [7, 11) is 0. The van der Waals surface area contributed by atoms with Crippen LogP contribution in [0.25, 0.3) is 11.0 Å². The quantitative estimate of drug-likeness (QED) is 0.625. The lowest BCUT2D eigenvalue weighted by molar-refractivity contribution is 0.0712. The zero-order valence-corrected chi connectivity index (χ0v) is 18.9. The minimum absolute atomic E-state index is 0.124. The highest BCUT2D eigenvalue weighted by Crippen LogP contribution is 2.34. The average Bonchev–Trinajstić information content (AvgIpc) is 3.29. The van der Waals surface area contributed by atoms with E-state index in [2.05, 4.69) is 29.4 Å². The van der Waals surface area contributed by atoms with Gasteiger partial charge in [-0.2, -0.15) is 0 Å². The van der Waals surface area contributed by atoms with Gasteiger partial charge in [-0.1, -0.05) is 18.2 Å². The van der Waals surface area contributed by atoms with Crippen LogP contribution in [0.4, 0.5) is 5.82 Å². The van der Waals surface area contributed by atoms with Gasteiger partial charge in [-0.15, -0.1) is 0 Å². The monoisotopic (exact) mass is 433 g/mol. The number of amides is 1. The summed E-state index contributed by atoms with van der Waals surface area (Å²) in [4.78, 5) is 27.0. The van der Waals surface area contributed by atoms with Crippen molar-refractivity contribution < 1.29 is 9.53 Å². The lowest BCUT2D eigenvalue weighted by atomic mass is 9.92. The van der Waals surface area contributed by atoms with Crippen LogP contribution >= 0.6 is 0 Å². The number of pyridine rings is 1. The number of imidazole rings is 1. The van der Waals surface area contributed by atoms with Crippen molar-refractivity contribution in [2.75, 3.05) is 44.3 Å². The molecule has 0 spiro atoms. The topological polar surface area (TPSA) is 63.5 Å². The SMILES string of the molecule is CC(C)n1cnc2c(N3CCOCC3)nc(C3CCN(C(=O)c4ccccc4)CC3)cc21. The number of piperidine rings is 1. The zero-order valence-electron chi connectivity index (χ0n) is 18.9. The van der Waals surface area contributed by atoms with Gasteiger partial charge >= 0.3 is 0 Å². The number of nitrogens with zero attached hydrogens (tertiary/aromatic N) is 5. The summed E-state index contributed by atoms with van der Waals surface area (Å²) >= 11 is 0. The lowest BCUT2D eigenvalue weighted by Gasteiger charge is -2.33. The molecule has 2 aliphatic rings. The predicted octanol–water partition coefficient (Wildman–Crippen LogP) is 3.87. The lowest BCUT2D eigenvalue weighted by Crippen LogP contribution is -2.38. The molecule has 1 aromatic carbocycles. The molecule has 32 heavy (non-hydrogen) atoms. The smallest absolute Gasteiger partial charge is 0.253 e. The standard InChI is InChI=1S/C25H31N5O2/c1-18(2)30-17-26-23-22(30)16-21(27-24(23)28-12-14-32-15-13-28)19-8-10-29(11-9-19)25(31)20-6-4-3-5-7-20/h3-7,16-19H,8-15H2,1-2H3. The first-order valence-corrected chi connectivity index (χ1v) is 11.7. The Bertz CT molecular complexity index is 1080. The number of hydrogen-bond donors (Lipinski definition) is 0. The number of morpholine rings is 1. The third-order valence-corrected chi connectivity index (χ3v) is 6.65. The maximum Gasteiger partial charge on any atom is 0.253 e. The number of ether oxygens (including phenoxy) is 1. The molecular weight excluding hydrogens is 402 g/mol. The summed E-state index contributed by atoms with van der Waals surface area (Å²) in [5, 5.41) is 0.